The van der Waals surface area contributed by atoms with E-state index in [0.29, 0.717) is 64.0 Å². The molecular formula is C49H66F3N3O4Si2. The van der Waals surface area contributed by atoms with Gasteiger partial charge in [-0.25, -0.2) is 13.2 Å². The second-order valence-electron chi connectivity index (χ2n) is 20.8. The molecule has 330 valence electrons. The number of hydrogen-bond donors (Lipinski definition) is 0. The average Bonchev–Trinajstić information content (AvgIpc) is 3.89. The highest BCUT2D eigenvalue weighted by Gasteiger charge is 2.48. The van der Waals surface area contributed by atoms with Gasteiger partial charge in [-0.15, -0.1) is 5.54 Å². The van der Waals surface area contributed by atoms with E-state index < -0.39 is 33.8 Å². The predicted octanol–water partition coefficient (Wildman–Crippen LogP) is 12.8. The Balaban J connectivity index is 1.40. The number of aromatic nitrogens is 2. The Morgan fingerprint density at radius 2 is 1.52 bits per heavy atom. The number of fused-ring (bicyclic) bond motifs is 4. The lowest BCUT2D eigenvalue weighted by molar-refractivity contribution is 0.0512. The van der Waals surface area contributed by atoms with E-state index in [1.165, 1.54) is 19.2 Å². The lowest BCUT2D eigenvalue weighted by Gasteiger charge is -2.38. The summed E-state index contributed by atoms with van der Waals surface area (Å²) in [5.74, 6) is 2.81. The predicted molar refractivity (Wildman–Crippen MR) is 246 cm³/mol. The highest BCUT2D eigenvalue weighted by Crippen LogP contribution is 2.49. The summed E-state index contributed by atoms with van der Waals surface area (Å²) < 4.78 is 75.4. The van der Waals surface area contributed by atoms with Gasteiger partial charge in [-0.3, -0.25) is 0 Å². The van der Waals surface area contributed by atoms with Crippen molar-refractivity contribution in [2.45, 2.75) is 129 Å². The number of halogens is 3. The zero-order valence-corrected chi connectivity index (χ0v) is 40.5. The van der Waals surface area contributed by atoms with E-state index in [1.807, 2.05) is 0 Å². The molecule has 12 heteroatoms. The van der Waals surface area contributed by atoms with Gasteiger partial charge < -0.3 is 23.5 Å². The zero-order chi connectivity index (χ0) is 44.2. The molecule has 2 aliphatic carbocycles. The molecule has 2 saturated carbocycles. The summed E-state index contributed by atoms with van der Waals surface area (Å²) in [5.41, 5.74) is 4.18. The van der Waals surface area contributed by atoms with Gasteiger partial charge in [0, 0.05) is 48.6 Å². The van der Waals surface area contributed by atoms with Crippen molar-refractivity contribution in [2.75, 3.05) is 45.1 Å². The molecule has 61 heavy (non-hydrogen) atoms. The van der Waals surface area contributed by atoms with Crippen LogP contribution < -0.4 is 14.4 Å². The first kappa shape index (κ1) is 45.4. The van der Waals surface area contributed by atoms with Crippen LogP contribution in [0.2, 0.25) is 34.8 Å². The van der Waals surface area contributed by atoms with E-state index >= 15 is 13.2 Å². The largest absolute Gasteiger partial charge is 0.468 e. The maximum atomic E-state index is 17.8. The maximum Gasteiger partial charge on any atom is 0.319 e. The number of piperidine rings is 1. The van der Waals surface area contributed by atoms with Crippen LogP contribution in [0.1, 0.15) is 100.0 Å². The van der Waals surface area contributed by atoms with Crippen LogP contribution in [0.15, 0.2) is 30.3 Å². The quantitative estimate of drug-likeness (QED) is 0.0710. The van der Waals surface area contributed by atoms with E-state index in [1.54, 1.807) is 18.2 Å². The minimum absolute atomic E-state index is 0.0486. The lowest BCUT2D eigenvalue weighted by Crippen LogP contribution is -2.43. The van der Waals surface area contributed by atoms with E-state index in [0.717, 1.165) is 45.2 Å². The molecule has 2 atom stereocenters. The number of methoxy groups -OCH3 is 1. The Hall–Kier alpha value is -3.64. The number of rotatable bonds is 14. The fraction of sp³-hybridized carbons (Fsp3) is 0.592. The van der Waals surface area contributed by atoms with E-state index in [9.17, 15) is 0 Å². The molecule has 3 aliphatic rings. The van der Waals surface area contributed by atoms with Gasteiger partial charge in [-0.2, -0.15) is 9.97 Å². The van der Waals surface area contributed by atoms with Crippen LogP contribution in [0.25, 0.3) is 32.8 Å². The van der Waals surface area contributed by atoms with Gasteiger partial charge in [0.15, 0.2) is 20.9 Å². The zero-order valence-electron chi connectivity index (χ0n) is 38.5. The number of ether oxygens (including phenoxy) is 3. The topological polar surface area (TPSA) is 65.9 Å². The van der Waals surface area contributed by atoms with Crippen LogP contribution in [-0.2, 0) is 9.16 Å². The molecule has 1 aromatic heterocycles. The summed E-state index contributed by atoms with van der Waals surface area (Å²) in [5, 5.41) is 1.19. The molecule has 7 nitrogen and oxygen atoms in total. The van der Waals surface area contributed by atoms with Crippen LogP contribution >= 0.6 is 0 Å². The summed E-state index contributed by atoms with van der Waals surface area (Å²) in [6.45, 7) is 26.7. The normalized spacial score (nSPS) is 19.0. The molecule has 2 unspecified atom stereocenters. The molecular weight excluding hydrogens is 808 g/mol. The van der Waals surface area contributed by atoms with Gasteiger partial charge in [0.25, 0.3) is 0 Å². The SMILES string of the molecule is COCOc1cc(-c2c(F)cc3c(N4CC5CCC(C5)C4)nc(OCC4(CO[Si](C)(C)C(C)(C)C)CC4)nc3c2F)c2c(C#C[Si](C(C)C)(C(C)C)C(C)C)c(F)ccc2c1. The minimum Gasteiger partial charge on any atom is -0.468 e. The molecule has 3 fully saturated rings. The molecule has 2 bridgehead atoms. The van der Waals surface area contributed by atoms with Crippen molar-refractivity contribution in [3.05, 3.63) is 53.3 Å². The van der Waals surface area contributed by atoms with Crippen molar-refractivity contribution in [1.82, 2.24) is 9.97 Å². The number of benzene rings is 3. The van der Waals surface area contributed by atoms with Gasteiger partial charge >= 0.3 is 6.01 Å². The third-order valence-corrected chi connectivity index (χ3v) is 25.5. The van der Waals surface area contributed by atoms with Gasteiger partial charge in [0.1, 0.15) is 36.8 Å². The molecule has 1 aliphatic heterocycles. The van der Waals surface area contributed by atoms with Crippen molar-refractivity contribution in [3.8, 4) is 34.4 Å². The number of hydrogen-bond acceptors (Lipinski definition) is 7. The minimum atomic E-state index is -2.34. The fourth-order valence-corrected chi connectivity index (χ4v) is 16.2. The first-order valence-electron chi connectivity index (χ1n) is 22.3. The molecule has 0 spiro atoms. The Kier molecular flexibility index (Phi) is 12.8. The van der Waals surface area contributed by atoms with Crippen LogP contribution in [0.5, 0.6) is 11.8 Å². The van der Waals surface area contributed by atoms with Gasteiger partial charge in [0.05, 0.1) is 17.7 Å². The maximum absolute atomic E-state index is 17.8. The highest BCUT2D eigenvalue weighted by atomic mass is 28.4. The molecule has 7 rings (SSSR count). The fourth-order valence-electron chi connectivity index (χ4n) is 9.91. The molecule has 0 amide bonds. The third-order valence-electron chi connectivity index (χ3n) is 14.7. The third kappa shape index (κ3) is 8.83. The Labute approximate surface area is 363 Å². The average molecular weight is 874 g/mol. The summed E-state index contributed by atoms with van der Waals surface area (Å²) >= 11 is 0. The van der Waals surface area contributed by atoms with Crippen molar-refractivity contribution < 1.29 is 31.8 Å². The molecule has 2 heterocycles. The standard InChI is InChI=1S/C49H66F3N3O4Si2/c1-30(2)61(31(3)4,32(5)6)20-17-37-40(50)16-15-35-22-36(58-29-56-10)23-38(42(35)37)43-41(51)24-39-45(44(43)52)53-47(54-46(39)55-25-33-13-14-34(21-33)26-55)57-27-49(18-19-49)28-59-60(11,12)48(7,8)9/h15-16,22-24,30-34H,13-14,18-19,21,25-29H2,1-12H3. The first-order valence-corrected chi connectivity index (χ1v) is 27.5. The van der Waals surface area contributed by atoms with Crippen LogP contribution in [0.4, 0.5) is 19.0 Å². The van der Waals surface area contributed by atoms with Crippen molar-refractivity contribution in [2.24, 2.45) is 17.3 Å². The molecule has 3 aromatic carbocycles. The smallest absolute Gasteiger partial charge is 0.319 e. The Morgan fingerprint density at radius 3 is 2.11 bits per heavy atom. The van der Waals surface area contributed by atoms with Gasteiger partial charge in [-0.05, 0) is 108 Å². The lowest BCUT2D eigenvalue weighted by atomic mass is 9.92. The second kappa shape index (κ2) is 17.2. The van der Waals surface area contributed by atoms with Crippen LogP contribution in [-0.4, -0.2) is 66.6 Å². The summed E-state index contributed by atoms with van der Waals surface area (Å²) in [6, 6.07) is 7.65. The van der Waals surface area contributed by atoms with Gasteiger partial charge in [-0.1, -0.05) is 74.3 Å². The Bertz CT molecular complexity index is 2310. The van der Waals surface area contributed by atoms with E-state index in [-0.39, 0.29) is 50.8 Å². The Morgan fingerprint density at radius 1 is 0.869 bits per heavy atom. The van der Waals surface area contributed by atoms with E-state index in [4.69, 9.17) is 28.6 Å². The monoisotopic (exact) mass is 873 g/mol. The molecule has 0 N–H and O–H groups in total. The van der Waals surface area contributed by atoms with Crippen LogP contribution in [0, 0.1) is 46.2 Å². The summed E-state index contributed by atoms with van der Waals surface area (Å²) in [6.07, 6.45) is 5.31. The summed E-state index contributed by atoms with van der Waals surface area (Å²) in [7, 11) is -2.84. The molecule has 0 radical (unpaired) electrons. The van der Waals surface area contributed by atoms with E-state index in [2.05, 4.69) is 91.8 Å². The van der Waals surface area contributed by atoms with Crippen molar-refractivity contribution in [1.29, 1.82) is 0 Å². The first-order chi connectivity index (χ1) is 28.7. The van der Waals surface area contributed by atoms with Gasteiger partial charge in [0.2, 0.25) is 0 Å². The molecule has 1 saturated heterocycles. The molecule has 4 aromatic rings. The van der Waals surface area contributed by atoms with Crippen LogP contribution in [0.3, 0.4) is 0 Å². The second-order valence-corrected chi connectivity index (χ2v) is 31.1. The summed E-state index contributed by atoms with van der Waals surface area (Å²) in [4.78, 5) is 11.8. The van der Waals surface area contributed by atoms with Crippen molar-refractivity contribution in [3.63, 3.8) is 0 Å². The number of anilines is 1. The highest BCUT2D eigenvalue weighted by molar-refractivity contribution is 6.90. The van der Waals surface area contributed by atoms with Crippen molar-refractivity contribution >= 4 is 43.9 Å². The number of nitrogens with zero attached hydrogens (tertiary/aromatic N) is 3.